The van der Waals surface area contributed by atoms with Crippen molar-refractivity contribution in [3.05, 3.63) is 63.9 Å². The number of halogens is 1. The van der Waals surface area contributed by atoms with E-state index < -0.39 is 0 Å². The number of ketones is 1. The van der Waals surface area contributed by atoms with Gasteiger partial charge in [-0.3, -0.25) is 4.79 Å². The molecule has 0 aromatic heterocycles. The van der Waals surface area contributed by atoms with Crippen LogP contribution in [0, 0.1) is 18.8 Å². The molecule has 0 unspecified atom stereocenters. The highest BCUT2D eigenvalue weighted by Gasteiger charge is 2.59. The molecule has 2 bridgehead atoms. The van der Waals surface area contributed by atoms with Gasteiger partial charge < -0.3 is 9.84 Å². The van der Waals surface area contributed by atoms with E-state index in [9.17, 15) is 9.90 Å². The highest BCUT2D eigenvalue weighted by Crippen LogP contribution is 2.54. The van der Waals surface area contributed by atoms with Crippen molar-refractivity contribution in [3.63, 3.8) is 0 Å². The predicted molar refractivity (Wildman–Crippen MR) is 110 cm³/mol. The average Bonchev–Trinajstić information content (AvgIpc) is 3.35. The lowest BCUT2D eigenvalue weighted by Crippen LogP contribution is -2.29. The maximum atomic E-state index is 13.3. The number of ether oxygens (including phenoxy) is 1. The molecule has 2 aromatic carbocycles. The van der Waals surface area contributed by atoms with E-state index in [1.807, 2.05) is 25.1 Å². The molecule has 0 saturated carbocycles. The molecule has 2 heterocycles. The Morgan fingerprint density at radius 1 is 1.07 bits per heavy atom. The molecule has 0 spiro atoms. The predicted octanol–water partition coefficient (Wildman–Crippen LogP) is 5.52. The van der Waals surface area contributed by atoms with Crippen LogP contribution in [0.4, 0.5) is 0 Å². The van der Waals surface area contributed by atoms with Gasteiger partial charge in [-0.1, -0.05) is 36.7 Å². The van der Waals surface area contributed by atoms with Crippen molar-refractivity contribution in [2.45, 2.75) is 45.3 Å². The Hall–Kier alpha value is -2.10. The SMILES string of the molecule is CCc1ccc(-c2ccc(Cl)cc2C)cc1C1=C(O)[C@H]2[C@@H](C1=O)[C@@H]1CC[C@H]2O1. The lowest BCUT2D eigenvalue weighted by atomic mass is 9.80. The Morgan fingerprint density at radius 2 is 1.82 bits per heavy atom. The Balaban J connectivity index is 1.64. The molecule has 0 amide bonds. The molecule has 4 atom stereocenters. The highest BCUT2D eigenvalue weighted by atomic mass is 35.5. The summed E-state index contributed by atoms with van der Waals surface area (Å²) < 4.78 is 5.91. The van der Waals surface area contributed by atoms with Crippen molar-refractivity contribution in [1.82, 2.24) is 0 Å². The van der Waals surface area contributed by atoms with Gasteiger partial charge in [0.25, 0.3) is 0 Å². The first-order valence-corrected chi connectivity index (χ1v) is 10.4. The van der Waals surface area contributed by atoms with E-state index in [0.29, 0.717) is 10.6 Å². The van der Waals surface area contributed by atoms with Crippen LogP contribution in [0.25, 0.3) is 16.7 Å². The van der Waals surface area contributed by atoms with E-state index >= 15 is 0 Å². The molecule has 28 heavy (non-hydrogen) atoms. The summed E-state index contributed by atoms with van der Waals surface area (Å²) in [7, 11) is 0. The lowest BCUT2D eigenvalue weighted by molar-refractivity contribution is -0.118. The molecular weight excluding hydrogens is 372 g/mol. The first-order chi connectivity index (χ1) is 13.5. The number of carbonyl (C=O) groups excluding carboxylic acids is 1. The molecular formula is C24H23ClO3. The van der Waals surface area contributed by atoms with E-state index in [4.69, 9.17) is 16.3 Å². The Bertz CT molecular complexity index is 1020. The summed E-state index contributed by atoms with van der Waals surface area (Å²) in [5.74, 6) is -0.0810. The number of rotatable bonds is 3. The summed E-state index contributed by atoms with van der Waals surface area (Å²) in [5, 5.41) is 11.7. The Labute approximate surface area is 170 Å². The van der Waals surface area contributed by atoms with E-state index in [2.05, 4.69) is 25.1 Å². The third-order valence-corrected chi connectivity index (χ3v) is 6.89. The van der Waals surface area contributed by atoms with Crippen LogP contribution in [0.3, 0.4) is 0 Å². The zero-order chi connectivity index (χ0) is 19.6. The normalized spacial score (nSPS) is 28.3. The fraction of sp³-hybridized carbons (Fsp3) is 0.375. The van der Waals surface area contributed by atoms with E-state index in [0.717, 1.165) is 47.1 Å². The fourth-order valence-electron chi connectivity index (χ4n) is 5.32. The largest absolute Gasteiger partial charge is 0.511 e. The first kappa shape index (κ1) is 18.0. The standard InChI is InChI=1S/C24H23ClO3/c1-3-13-4-5-14(16-7-6-15(25)10-12(16)2)11-17(13)20-23(26)21-18-8-9-19(28-18)22(21)24(20)27/h4-7,10-11,18-19,21-22,26H,3,8-9H2,1-2H3/t18-,19+,21-,22+/m1/s1. The van der Waals surface area contributed by atoms with Crippen LogP contribution in [0.1, 0.15) is 36.5 Å². The molecule has 1 aliphatic carbocycles. The van der Waals surface area contributed by atoms with Gasteiger partial charge in [0.05, 0.1) is 29.6 Å². The van der Waals surface area contributed by atoms with Crippen LogP contribution in [0.15, 0.2) is 42.2 Å². The van der Waals surface area contributed by atoms with Crippen molar-refractivity contribution in [2.75, 3.05) is 0 Å². The number of hydrogen-bond donors (Lipinski definition) is 1. The van der Waals surface area contributed by atoms with Gasteiger partial charge in [-0.05, 0) is 72.2 Å². The van der Waals surface area contributed by atoms with Crippen LogP contribution in [-0.4, -0.2) is 23.1 Å². The van der Waals surface area contributed by atoms with Gasteiger partial charge in [-0.2, -0.15) is 0 Å². The molecule has 5 rings (SSSR count). The van der Waals surface area contributed by atoms with Gasteiger partial charge in [-0.15, -0.1) is 0 Å². The molecule has 2 saturated heterocycles. The second-order valence-corrected chi connectivity index (χ2v) is 8.59. The smallest absolute Gasteiger partial charge is 0.173 e. The monoisotopic (exact) mass is 394 g/mol. The first-order valence-electron chi connectivity index (χ1n) is 10.0. The zero-order valence-electron chi connectivity index (χ0n) is 16.0. The maximum absolute atomic E-state index is 13.3. The lowest BCUT2D eigenvalue weighted by Gasteiger charge is -2.19. The summed E-state index contributed by atoms with van der Waals surface area (Å²) in [6.07, 6.45) is 2.61. The minimum atomic E-state index is -0.209. The van der Waals surface area contributed by atoms with Crippen LogP contribution < -0.4 is 0 Å². The number of hydrogen-bond acceptors (Lipinski definition) is 3. The number of Topliss-reactive ketones (excluding diaryl/α,β-unsaturated/α-hetero) is 1. The average molecular weight is 395 g/mol. The van der Waals surface area contributed by atoms with Gasteiger partial charge in [0.1, 0.15) is 5.76 Å². The number of aryl methyl sites for hydroxylation is 2. The molecule has 4 heteroatoms. The molecule has 2 aromatic rings. The number of fused-ring (bicyclic) bond motifs is 5. The third kappa shape index (κ3) is 2.49. The number of benzene rings is 2. The third-order valence-electron chi connectivity index (χ3n) is 6.65. The number of aliphatic hydroxyl groups is 1. The number of allylic oxidation sites excluding steroid dienone is 1. The van der Waals surface area contributed by atoms with Gasteiger partial charge >= 0.3 is 0 Å². The molecule has 1 N–H and O–H groups in total. The van der Waals surface area contributed by atoms with Crippen LogP contribution >= 0.6 is 11.6 Å². The van der Waals surface area contributed by atoms with Gasteiger partial charge in [0.2, 0.25) is 0 Å². The molecule has 144 valence electrons. The molecule has 2 aliphatic heterocycles. The second-order valence-electron chi connectivity index (χ2n) is 8.15. The number of carbonyl (C=O) groups is 1. The van der Waals surface area contributed by atoms with Crippen molar-refractivity contribution >= 4 is 23.0 Å². The van der Waals surface area contributed by atoms with E-state index in [-0.39, 0.29) is 35.6 Å². The summed E-state index contributed by atoms with van der Waals surface area (Å²) in [6, 6.07) is 12.1. The topological polar surface area (TPSA) is 46.5 Å². The van der Waals surface area contributed by atoms with Crippen LogP contribution in [0.5, 0.6) is 0 Å². The summed E-state index contributed by atoms with van der Waals surface area (Å²) in [4.78, 5) is 13.3. The van der Waals surface area contributed by atoms with E-state index in [1.54, 1.807) is 0 Å². The van der Waals surface area contributed by atoms with Gasteiger partial charge in [0, 0.05) is 5.02 Å². The zero-order valence-corrected chi connectivity index (χ0v) is 16.8. The van der Waals surface area contributed by atoms with Crippen molar-refractivity contribution in [3.8, 4) is 11.1 Å². The van der Waals surface area contributed by atoms with Crippen molar-refractivity contribution in [2.24, 2.45) is 11.8 Å². The minimum absolute atomic E-state index is 0.0109. The fourth-order valence-corrected chi connectivity index (χ4v) is 5.55. The van der Waals surface area contributed by atoms with E-state index in [1.165, 1.54) is 0 Å². The van der Waals surface area contributed by atoms with Crippen LogP contribution in [-0.2, 0) is 16.0 Å². The molecule has 3 nitrogen and oxygen atoms in total. The molecule has 2 fully saturated rings. The minimum Gasteiger partial charge on any atom is -0.511 e. The Kier molecular flexibility index (Phi) is 4.15. The summed E-state index contributed by atoms with van der Waals surface area (Å²) >= 11 is 6.12. The van der Waals surface area contributed by atoms with Crippen molar-refractivity contribution < 1.29 is 14.6 Å². The molecule has 0 radical (unpaired) electrons. The summed E-state index contributed by atoms with van der Waals surface area (Å²) in [6.45, 7) is 4.11. The number of aliphatic hydroxyl groups excluding tert-OH is 1. The Morgan fingerprint density at radius 3 is 2.50 bits per heavy atom. The second kappa shape index (κ2) is 6.47. The van der Waals surface area contributed by atoms with Crippen molar-refractivity contribution in [1.29, 1.82) is 0 Å². The quantitative estimate of drug-likeness (QED) is 0.745. The summed E-state index contributed by atoms with van der Waals surface area (Å²) in [5.41, 5.74) is 5.67. The molecule has 3 aliphatic rings. The highest BCUT2D eigenvalue weighted by molar-refractivity contribution is 6.30. The van der Waals surface area contributed by atoms with Gasteiger partial charge in [-0.25, -0.2) is 0 Å². The maximum Gasteiger partial charge on any atom is 0.173 e. The van der Waals surface area contributed by atoms with Crippen LogP contribution in [0.2, 0.25) is 5.02 Å². The van der Waals surface area contributed by atoms with Gasteiger partial charge in [0.15, 0.2) is 5.78 Å².